The van der Waals surface area contributed by atoms with Gasteiger partial charge in [0, 0.05) is 25.2 Å². The highest BCUT2D eigenvalue weighted by atomic mass is 16.1. The summed E-state index contributed by atoms with van der Waals surface area (Å²) in [5.74, 6) is 1.52. The first-order valence-electron chi connectivity index (χ1n) is 7.93. The average Bonchev–Trinajstić information content (AvgIpc) is 3.10. The Morgan fingerprint density at radius 1 is 1.17 bits per heavy atom. The predicted molar refractivity (Wildman–Crippen MR) is 88.6 cm³/mol. The number of hydrogen-bond acceptors (Lipinski definition) is 6. The lowest BCUT2D eigenvalue weighted by atomic mass is 9.96. The fourth-order valence-corrected chi connectivity index (χ4v) is 2.92. The second-order valence-electron chi connectivity index (χ2n) is 5.79. The third-order valence-corrected chi connectivity index (χ3v) is 4.25. The van der Waals surface area contributed by atoms with Crippen LogP contribution in [-0.2, 0) is 4.79 Å². The fourth-order valence-electron chi connectivity index (χ4n) is 2.92. The quantitative estimate of drug-likeness (QED) is 0.783. The second kappa shape index (κ2) is 6.23. The number of hydrogen-bond donors (Lipinski definition) is 1. The van der Waals surface area contributed by atoms with E-state index in [0.717, 1.165) is 37.4 Å². The van der Waals surface area contributed by atoms with Crippen molar-refractivity contribution < 1.29 is 4.79 Å². The Morgan fingerprint density at radius 2 is 2.04 bits per heavy atom. The van der Waals surface area contributed by atoms with Gasteiger partial charge in [-0.2, -0.15) is 4.52 Å². The molecular formula is C16H17N7O. The van der Waals surface area contributed by atoms with Crippen molar-refractivity contribution in [2.75, 3.05) is 23.3 Å². The molecule has 4 heterocycles. The first-order chi connectivity index (χ1) is 11.8. The summed E-state index contributed by atoms with van der Waals surface area (Å²) in [6.45, 7) is 1.59. The molecule has 8 nitrogen and oxygen atoms in total. The molecule has 24 heavy (non-hydrogen) atoms. The second-order valence-corrected chi connectivity index (χ2v) is 5.79. The Balaban J connectivity index is 1.38. The molecule has 0 radical (unpaired) electrons. The highest BCUT2D eigenvalue weighted by molar-refractivity contribution is 5.91. The number of nitrogens with one attached hydrogen (secondary N) is 1. The van der Waals surface area contributed by atoms with Crippen LogP contribution in [0.3, 0.4) is 0 Å². The zero-order chi connectivity index (χ0) is 16.4. The first-order valence-corrected chi connectivity index (χ1v) is 7.93. The number of rotatable bonds is 3. The number of piperidine rings is 1. The SMILES string of the molecule is O=C(Nc1ccccn1)C1CCN(c2ccc3nncn3n2)CC1. The van der Waals surface area contributed by atoms with Crippen LogP contribution in [0.2, 0.25) is 0 Å². The maximum absolute atomic E-state index is 12.3. The maximum atomic E-state index is 12.3. The van der Waals surface area contributed by atoms with Gasteiger partial charge >= 0.3 is 0 Å². The van der Waals surface area contributed by atoms with E-state index in [-0.39, 0.29) is 11.8 Å². The van der Waals surface area contributed by atoms with Gasteiger partial charge in [-0.25, -0.2) is 4.98 Å². The molecule has 122 valence electrons. The van der Waals surface area contributed by atoms with Crippen molar-refractivity contribution in [3.63, 3.8) is 0 Å². The minimum Gasteiger partial charge on any atom is -0.355 e. The third kappa shape index (κ3) is 2.90. The van der Waals surface area contributed by atoms with E-state index in [4.69, 9.17) is 0 Å². The van der Waals surface area contributed by atoms with Gasteiger partial charge < -0.3 is 10.2 Å². The molecule has 8 heteroatoms. The van der Waals surface area contributed by atoms with Crippen LogP contribution in [-0.4, -0.2) is 43.8 Å². The molecule has 1 saturated heterocycles. The molecule has 0 aromatic carbocycles. The van der Waals surface area contributed by atoms with Gasteiger partial charge in [0.05, 0.1) is 0 Å². The molecule has 3 aromatic rings. The number of anilines is 2. The molecule has 1 aliphatic rings. The van der Waals surface area contributed by atoms with Crippen LogP contribution in [0, 0.1) is 5.92 Å². The van der Waals surface area contributed by atoms with E-state index in [9.17, 15) is 4.79 Å². The number of carbonyl (C=O) groups excluding carboxylic acids is 1. The largest absolute Gasteiger partial charge is 0.355 e. The van der Waals surface area contributed by atoms with Crippen molar-refractivity contribution in [1.29, 1.82) is 0 Å². The molecule has 0 saturated carbocycles. The molecule has 3 aromatic heterocycles. The van der Waals surface area contributed by atoms with E-state index >= 15 is 0 Å². The maximum Gasteiger partial charge on any atom is 0.228 e. The summed E-state index contributed by atoms with van der Waals surface area (Å²) in [6.07, 6.45) is 4.85. The van der Waals surface area contributed by atoms with Crippen LogP contribution in [0.15, 0.2) is 42.9 Å². The summed E-state index contributed by atoms with van der Waals surface area (Å²) in [4.78, 5) is 18.7. The Bertz CT molecular complexity index is 840. The molecule has 4 rings (SSSR count). The summed E-state index contributed by atoms with van der Waals surface area (Å²) in [7, 11) is 0. The normalized spacial score (nSPS) is 15.6. The van der Waals surface area contributed by atoms with Crippen LogP contribution in [0.25, 0.3) is 5.65 Å². The molecule has 0 atom stereocenters. The van der Waals surface area contributed by atoms with Gasteiger partial charge in [-0.05, 0) is 37.1 Å². The Labute approximate surface area is 138 Å². The van der Waals surface area contributed by atoms with Crippen LogP contribution < -0.4 is 10.2 Å². The highest BCUT2D eigenvalue weighted by Gasteiger charge is 2.26. The number of fused-ring (bicyclic) bond motifs is 1. The Kier molecular flexibility index (Phi) is 3.78. The summed E-state index contributed by atoms with van der Waals surface area (Å²) < 4.78 is 1.66. The van der Waals surface area contributed by atoms with E-state index in [1.165, 1.54) is 0 Å². The van der Waals surface area contributed by atoms with Crippen molar-refractivity contribution >= 4 is 23.2 Å². The first kappa shape index (κ1) is 14.6. The molecule has 0 aliphatic carbocycles. The van der Waals surface area contributed by atoms with Gasteiger partial charge in [0.1, 0.15) is 18.0 Å². The standard InChI is InChI=1S/C16H17N7O/c24-16(19-13-3-1-2-8-17-13)12-6-9-22(10-7-12)15-5-4-14-20-18-11-23(14)21-15/h1-5,8,11-12H,6-7,9-10H2,(H,17,19,24). The summed E-state index contributed by atoms with van der Waals surface area (Å²) in [5, 5.41) is 15.2. The van der Waals surface area contributed by atoms with Gasteiger partial charge in [-0.3, -0.25) is 4.79 Å². The summed E-state index contributed by atoms with van der Waals surface area (Å²) in [6, 6.07) is 9.32. The number of amides is 1. The topological polar surface area (TPSA) is 88.3 Å². The van der Waals surface area contributed by atoms with E-state index < -0.39 is 0 Å². The number of carbonyl (C=O) groups is 1. The van der Waals surface area contributed by atoms with Gasteiger partial charge in [0.25, 0.3) is 0 Å². The van der Waals surface area contributed by atoms with Crippen molar-refractivity contribution in [1.82, 2.24) is 24.8 Å². The fraction of sp³-hybridized carbons (Fsp3) is 0.312. The van der Waals surface area contributed by atoms with E-state index in [0.29, 0.717) is 5.82 Å². The van der Waals surface area contributed by atoms with E-state index in [2.05, 4.69) is 30.5 Å². The lowest BCUT2D eigenvalue weighted by Gasteiger charge is -2.31. The predicted octanol–water partition coefficient (Wildman–Crippen LogP) is 1.37. The van der Waals surface area contributed by atoms with E-state index in [1.807, 2.05) is 24.3 Å². The number of nitrogens with zero attached hydrogens (tertiary/aromatic N) is 6. The molecule has 0 unspecified atom stereocenters. The van der Waals surface area contributed by atoms with Crippen molar-refractivity contribution in [2.45, 2.75) is 12.8 Å². The molecule has 0 spiro atoms. The van der Waals surface area contributed by atoms with Gasteiger partial charge in [0.15, 0.2) is 5.65 Å². The monoisotopic (exact) mass is 323 g/mol. The molecule has 1 fully saturated rings. The Hall–Kier alpha value is -3.03. The lowest BCUT2D eigenvalue weighted by Crippen LogP contribution is -2.38. The van der Waals surface area contributed by atoms with Crippen LogP contribution in [0.4, 0.5) is 11.6 Å². The Morgan fingerprint density at radius 3 is 2.83 bits per heavy atom. The van der Waals surface area contributed by atoms with Gasteiger partial charge in [-0.15, -0.1) is 15.3 Å². The van der Waals surface area contributed by atoms with E-state index in [1.54, 1.807) is 23.1 Å². The molecule has 1 aliphatic heterocycles. The highest BCUT2D eigenvalue weighted by Crippen LogP contribution is 2.23. The summed E-state index contributed by atoms with van der Waals surface area (Å²) >= 11 is 0. The summed E-state index contributed by atoms with van der Waals surface area (Å²) in [5.41, 5.74) is 0.725. The number of aromatic nitrogens is 5. The minimum absolute atomic E-state index is 0.00176. The van der Waals surface area contributed by atoms with Crippen LogP contribution in [0.5, 0.6) is 0 Å². The van der Waals surface area contributed by atoms with Gasteiger partial charge in [-0.1, -0.05) is 6.07 Å². The minimum atomic E-state index is 0.00176. The van der Waals surface area contributed by atoms with Crippen LogP contribution in [0.1, 0.15) is 12.8 Å². The lowest BCUT2D eigenvalue weighted by molar-refractivity contribution is -0.120. The molecular weight excluding hydrogens is 306 g/mol. The molecule has 1 amide bonds. The zero-order valence-electron chi connectivity index (χ0n) is 13.0. The van der Waals surface area contributed by atoms with Crippen LogP contribution >= 0.6 is 0 Å². The average molecular weight is 323 g/mol. The zero-order valence-corrected chi connectivity index (χ0v) is 13.0. The molecule has 0 bridgehead atoms. The number of pyridine rings is 1. The molecule has 1 N–H and O–H groups in total. The van der Waals surface area contributed by atoms with Gasteiger partial charge in [0.2, 0.25) is 5.91 Å². The smallest absolute Gasteiger partial charge is 0.228 e. The van der Waals surface area contributed by atoms with Crippen molar-refractivity contribution in [3.05, 3.63) is 42.9 Å². The van der Waals surface area contributed by atoms with Crippen molar-refractivity contribution in [3.8, 4) is 0 Å². The van der Waals surface area contributed by atoms with Crippen molar-refractivity contribution in [2.24, 2.45) is 5.92 Å². The third-order valence-electron chi connectivity index (χ3n) is 4.25.